The van der Waals surface area contributed by atoms with Gasteiger partial charge in [-0.1, -0.05) is 18.2 Å². The molecule has 26 heavy (non-hydrogen) atoms. The van der Waals surface area contributed by atoms with Crippen molar-refractivity contribution in [1.82, 2.24) is 19.6 Å². The molecule has 0 aliphatic carbocycles. The molecule has 0 radical (unpaired) electrons. The number of benzene rings is 1. The number of carboxylic acid groups (broad SMARTS) is 1. The van der Waals surface area contributed by atoms with Gasteiger partial charge < -0.3 is 14.9 Å². The number of aryl methyl sites for hydroxylation is 1. The zero-order valence-corrected chi connectivity index (χ0v) is 14.7. The molecular weight excluding hydrogens is 336 g/mol. The van der Waals surface area contributed by atoms with Gasteiger partial charge in [-0.3, -0.25) is 14.4 Å². The van der Waals surface area contributed by atoms with Gasteiger partial charge in [0, 0.05) is 44.5 Å². The highest BCUT2D eigenvalue weighted by molar-refractivity contribution is 6.05. The number of hydrogen-bond acceptors (Lipinski definition) is 5. The Morgan fingerprint density at radius 1 is 1.15 bits per heavy atom. The number of hydrogen-bond donors (Lipinski definition) is 1. The summed E-state index contributed by atoms with van der Waals surface area (Å²) in [5.74, 6) is -1.29. The van der Waals surface area contributed by atoms with Gasteiger partial charge in [-0.05, 0) is 13.1 Å². The fourth-order valence-electron chi connectivity index (χ4n) is 4.38. The lowest BCUT2D eigenvalue weighted by Crippen LogP contribution is -2.42. The predicted octanol–water partition coefficient (Wildman–Crippen LogP) is 0.0219. The predicted molar refractivity (Wildman–Crippen MR) is 93.9 cm³/mol. The second-order valence-corrected chi connectivity index (χ2v) is 7.36. The van der Waals surface area contributed by atoms with E-state index in [2.05, 4.69) is 5.10 Å². The van der Waals surface area contributed by atoms with Gasteiger partial charge in [-0.15, -0.1) is 0 Å². The highest BCUT2D eigenvalue weighted by Crippen LogP contribution is 2.42. The number of likely N-dealkylation sites (tertiary alicyclic amines) is 2. The van der Waals surface area contributed by atoms with Crippen molar-refractivity contribution < 1.29 is 14.7 Å². The van der Waals surface area contributed by atoms with Crippen LogP contribution in [0.5, 0.6) is 0 Å². The van der Waals surface area contributed by atoms with Crippen molar-refractivity contribution in [2.24, 2.45) is 18.4 Å². The van der Waals surface area contributed by atoms with E-state index in [0.29, 0.717) is 30.4 Å². The largest absolute Gasteiger partial charge is 0.481 e. The molecule has 2 aliphatic heterocycles. The molecule has 2 fully saturated rings. The third-order valence-corrected chi connectivity index (χ3v) is 5.65. The second-order valence-electron chi connectivity index (χ2n) is 7.36. The summed E-state index contributed by atoms with van der Waals surface area (Å²) < 4.78 is 1.16. The van der Waals surface area contributed by atoms with Crippen LogP contribution >= 0.6 is 0 Å². The number of carboxylic acids is 1. The van der Waals surface area contributed by atoms with Crippen LogP contribution in [-0.2, 0) is 11.8 Å². The molecule has 136 valence electrons. The Kier molecular flexibility index (Phi) is 3.62. The van der Waals surface area contributed by atoms with E-state index in [0.717, 1.165) is 4.68 Å². The third kappa shape index (κ3) is 2.25. The van der Waals surface area contributed by atoms with Crippen molar-refractivity contribution in [3.05, 3.63) is 40.3 Å². The molecule has 1 aromatic heterocycles. The summed E-state index contributed by atoms with van der Waals surface area (Å²) in [5, 5.41) is 14.9. The molecule has 1 aromatic carbocycles. The summed E-state index contributed by atoms with van der Waals surface area (Å²) in [4.78, 5) is 40.9. The Morgan fingerprint density at radius 3 is 2.50 bits per heavy atom. The van der Waals surface area contributed by atoms with Crippen LogP contribution in [-0.4, -0.2) is 69.8 Å². The van der Waals surface area contributed by atoms with Crippen LogP contribution < -0.4 is 5.56 Å². The van der Waals surface area contributed by atoms with Crippen LogP contribution in [0.1, 0.15) is 10.5 Å². The Hall–Kier alpha value is -2.74. The summed E-state index contributed by atoms with van der Waals surface area (Å²) >= 11 is 0. The minimum absolute atomic E-state index is 0.104. The van der Waals surface area contributed by atoms with E-state index < -0.39 is 11.4 Å². The summed E-state index contributed by atoms with van der Waals surface area (Å²) in [6.07, 6.45) is 0. The number of fused-ring (bicyclic) bond motifs is 2. The van der Waals surface area contributed by atoms with Crippen LogP contribution in [0.25, 0.3) is 10.8 Å². The molecule has 2 aliphatic rings. The van der Waals surface area contributed by atoms with Crippen LogP contribution in [0.15, 0.2) is 29.1 Å². The van der Waals surface area contributed by atoms with Crippen molar-refractivity contribution in [3.63, 3.8) is 0 Å². The molecule has 2 aromatic rings. The maximum atomic E-state index is 13.1. The van der Waals surface area contributed by atoms with Crippen molar-refractivity contribution in [2.75, 3.05) is 33.2 Å². The number of carbonyl (C=O) groups is 2. The van der Waals surface area contributed by atoms with Crippen molar-refractivity contribution in [2.45, 2.75) is 0 Å². The first-order valence-corrected chi connectivity index (χ1v) is 8.51. The lowest BCUT2D eigenvalue weighted by atomic mass is 9.81. The average Bonchev–Trinajstić information content (AvgIpc) is 3.11. The SMILES string of the molecule is CN1C[C@H]2CN(C(=O)c3nn(C)c(=O)c4ccccc34)C[C@@]2(C(=O)O)C1. The molecule has 0 saturated carbocycles. The summed E-state index contributed by atoms with van der Waals surface area (Å²) in [5.41, 5.74) is -1.00. The van der Waals surface area contributed by atoms with Crippen molar-refractivity contribution in [1.29, 1.82) is 0 Å². The van der Waals surface area contributed by atoms with E-state index in [-0.39, 0.29) is 29.6 Å². The van der Waals surface area contributed by atoms with E-state index >= 15 is 0 Å². The maximum Gasteiger partial charge on any atom is 0.313 e. The first kappa shape index (κ1) is 16.7. The van der Waals surface area contributed by atoms with Crippen LogP contribution in [0.2, 0.25) is 0 Å². The Bertz CT molecular complexity index is 985. The second kappa shape index (κ2) is 5.63. The smallest absolute Gasteiger partial charge is 0.313 e. The Balaban J connectivity index is 1.75. The highest BCUT2D eigenvalue weighted by Gasteiger charge is 2.58. The number of carbonyl (C=O) groups excluding carboxylic acids is 1. The number of amides is 1. The normalized spacial score (nSPS) is 25.6. The van der Waals surface area contributed by atoms with Gasteiger partial charge in [0.1, 0.15) is 5.41 Å². The molecule has 0 bridgehead atoms. The van der Waals surface area contributed by atoms with Gasteiger partial charge in [0.05, 0.1) is 5.39 Å². The molecular formula is C18H20N4O4. The molecule has 0 unspecified atom stereocenters. The zero-order valence-electron chi connectivity index (χ0n) is 14.7. The number of nitrogens with zero attached hydrogens (tertiary/aromatic N) is 4. The minimum atomic E-state index is -0.930. The third-order valence-electron chi connectivity index (χ3n) is 5.65. The Labute approximate surface area is 149 Å². The topological polar surface area (TPSA) is 95.7 Å². The van der Waals surface area contributed by atoms with E-state index in [1.165, 1.54) is 7.05 Å². The van der Waals surface area contributed by atoms with Crippen molar-refractivity contribution >= 4 is 22.6 Å². The summed E-state index contributed by atoms with van der Waals surface area (Å²) in [7, 11) is 3.41. The van der Waals surface area contributed by atoms with Gasteiger partial charge in [-0.2, -0.15) is 5.10 Å². The fraction of sp³-hybridized carbons (Fsp3) is 0.444. The van der Waals surface area contributed by atoms with E-state index in [9.17, 15) is 19.5 Å². The van der Waals surface area contributed by atoms with E-state index in [1.54, 1.807) is 29.2 Å². The first-order chi connectivity index (χ1) is 12.3. The van der Waals surface area contributed by atoms with Gasteiger partial charge in [0.15, 0.2) is 5.69 Å². The van der Waals surface area contributed by atoms with E-state index in [4.69, 9.17) is 0 Å². The number of rotatable bonds is 2. The van der Waals surface area contributed by atoms with Gasteiger partial charge in [-0.25, -0.2) is 4.68 Å². The molecule has 2 saturated heterocycles. The van der Waals surface area contributed by atoms with Crippen molar-refractivity contribution in [3.8, 4) is 0 Å². The lowest BCUT2D eigenvalue weighted by Gasteiger charge is -2.24. The van der Waals surface area contributed by atoms with Gasteiger partial charge >= 0.3 is 5.97 Å². The molecule has 8 nitrogen and oxygen atoms in total. The first-order valence-electron chi connectivity index (χ1n) is 8.51. The average molecular weight is 356 g/mol. The maximum absolute atomic E-state index is 13.1. The Morgan fingerprint density at radius 2 is 1.85 bits per heavy atom. The lowest BCUT2D eigenvalue weighted by molar-refractivity contribution is -0.148. The van der Waals surface area contributed by atoms with Gasteiger partial charge in [0.25, 0.3) is 11.5 Å². The van der Waals surface area contributed by atoms with Gasteiger partial charge in [0.2, 0.25) is 0 Å². The standard InChI is InChI=1S/C18H20N4O4/c1-20-7-11-8-22(10-18(11,9-20)17(25)26)16(24)14-12-5-3-4-6-13(12)15(23)21(2)19-14/h3-6,11H,7-10H2,1-2H3,(H,25,26)/t11-,18-/m0/s1. The van der Waals surface area contributed by atoms with Crippen LogP contribution in [0.3, 0.4) is 0 Å². The molecule has 8 heteroatoms. The fourth-order valence-corrected chi connectivity index (χ4v) is 4.38. The minimum Gasteiger partial charge on any atom is -0.481 e. The number of aliphatic carboxylic acids is 1. The molecule has 2 atom stereocenters. The summed E-state index contributed by atoms with van der Waals surface area (Å²) in [6.45, 7) is 1.62. The molecule has 4 rings (SSSR count). The summed E-state index contributed by atoms with van der Waals surface area (Å²) in [6, 6.07) is 6.87. The highest BCUT2D eigenvalue weighted by atomic mass is 16.4. The van der Waals surface area contributed by atoms with Crippen LogP contribution in [0, 0.1) is 11.3 Å². The monoisotopic (exact) mass is 356 g/mol. The van der Waals surface area contributed by atoms with E-state index in [1.807, 2.05) is 11.9 Å². The molecule has 1 N–H and O–H groups in total. The molecule has 1 amide bonds. The number of aromatic nitrogens is 2. The molecule has 3 heterocycles. The quantitative estimate of drug-likeness (QED) is 0.815. The molecule has 0 spiro atoms. The zero-order chi connectivity index (χ0) is 18.6. The van der Waals surface area contributed by atoms with Crippen LogP contribution in [0.4, 0.5) is 0 Å².